The van der Waals surface area contributed by atoms with Crippen LogP contribution < -0.4 is 0 Å². The third-order valence-electron chi connectivity index (χ3n) is 2.59. The molecule has 0 heterocycles. The van der Waals surface area contributed by atoms with Crippen molar-refractivity contribution in [2.45, 2.75) is 6.10 Å². The van der Waals surface area contributed by atoms with Crippen LogP contribution in [0.25, 0.3) is 0 Å². The summed E-state index contributed by atoms with van der Waals surface area (Å²) >= 11 is 15.8. The maximum atomic E-state index is 13.9. The molecule has 1 atom stereocenters. The molecule has 100 valence electrons. The van der Waals surface area contributed by atoms with Crippen LogP contribution in [0.5, 0.6) is 0 Å². The van der Waals surface area contributed by atoms with Gasteiger partial charge in [0.25, 0.3) is 0 Å². The van der Waals surface area contributed by atoms with Gasteiger partial charge in [0.1, 0.15) is 11.9 Å². The number of halogens is 5. The lowest BCUT2D eigenvalue weighted by Gasteiger charge is -2.15. The van der Waals surface area contributed by atoms with Crippen molar-refractivity contribution in [1.29, 1.82) is 0 Å². The Morgan fingerprint density at radius 2 is 1.68 bits per heavy atom. The minimum Gasteiger partial charge on any atom is -0.384 e. The van der Waals surface area contributed by atoms with Gasteiger partial charge in [0, 0.05) is 19.0 Å². The molecular formula is C13H7Br3ClFO. The first-order valence-electron chi connectivity index (χ1n) is 5.17. The lowest BCUT2D eigenvalue weighted by atomic mass is 10.0. The Bertz CT molecular complexity index is 634. The summed E-state index contributed by atoms with van der Waals surface area (Å²) in [6, 6.07) is 7.95. The van der Waals surface area contributed by atoms with Crippen molar-refractivity contribution in [3.63, 3.8) is 0 Å². The molecule has 0 aromatic heterocycles. The Balaban J connectivity index is 2.49. The van der Waals surface area contributed by atoms with Crippen molar-refractivity contribution in [3.8, 4) is 0 Å². The fourth-order valence-electron chi connectivity index (χ4n) is 1.64. The molecule has 0 bridgehead atoms. The molecule has 1 N–H and O–H groups in total. The summed E-state index contributed by atoms with van der Waals surface area (Å²) in [6.07, 6.45) is -1.09. The van der Waals surface area contributed by atoms with Gasteiger partial charge in [0.15, 0.2) is 0 Å². The van der Waals surface area contributed by atoms with E-state index in [4.69, 9.17) is 11.6 Å². The van der Waals surface area contributed by atoms with Crippen LogP contribution in [0, 0.1) is 5.82 Å². The van der Waals surface area contributed by atoms with Gasteiger partial charge in [-0.3, -0.25) is 0 Å². The Labute approximate surface area is 140 Å². The second-order valence-electron chi connectivity index (χ2n) is 3.86. The van der Waals surface area contributed by atoms with Crippen molar-refractivity contribution < 1.29 is 9.50 Å². The number of hydrogen-bond acceptors (Lipinski definition) is 1. The first-order chi connectivity index (χ1) is 8.90. The van der Waals surface area contributed by atoms with E-state index in [-0.39, 0.29) is 5.56 Å². The lowest BCUT2D eigenvalue weighted by molar-refractivity contribution is 0.214. The highest BCUT2D eigenvalue weighted by Gasteiger charge is 2.19. The van der Waals surface area contributed by atoms with Crippen LogP contribution >= 0.6 is 59.4 Å². The minimum atomic E-state index is -1.09. The van der Waals surface area contributed by atoms with Gasteiger partial charge in [-0.05, 0) is 45.8 Å². The SMILES string of the molecule is OC(c1cc(Cl)c(Br)cc1F)c1ccc(Br)cc1Br. The standard InChI is InChI=1S/C13H7Br3ClFO/c14-6-1-2-7(9(15)3-6)13(19)8-4-11(17)10(16)5-12(8)18/h1-5,13,19H. The zero-order chi connectivity index (χ0) is 14.2. The predicted octanol–water partition coefficient (Wildman–Crippen LogP) is 5.85. The number of benzene rings is 2. The molecule has 1 unspecified atom stereocenters. The third-order valence-corrected chi connectivity index (χ3v) is 4.97. The van der Waals surface area contributed by atoms with E-state index in [2.05, 4.69) is 47.8 Å². The van der Waals surface area contributed by atoms with E-state index in [1.165, 1.54) is 12.1 Å². The molecule has 0 aliphatic carbocycles. The van der Waals surface area contributed by atoms with Gasteiger partial charge in [-0.1, -0.05) is 49.5 Å². The third kappa shape index (κ3) is 3.39. The predicted molar refractivity (Wildman–Crippen MR) is 85.0 cm³/mol. The summed E-state index contributed by atoms with van der Waals surface area (Å²) < 4.78 is 15.9. The van der Waals surface area contributed by atoms with Gasteiger partial charge in [-0.25, -0.2) is 4.39 Å². The molecule has 0 radical (unpaired) electrons. The molecule has 0 saturated carbocycles. The summed E-state index contributed by atoms with van der Waals surface area (Å²) in [5.41, 5.74) is 0.705. The van der Waals surface area contributed by atoms with Crippen LogP contribution in [0.4, 0.5) is 4.39 Å². The fraction of sp³-hybridized carbons (Fsp3) is 0.0769. The summed E-state index contributed by atoms with van der Waals surface area (Å²) in [5.74, 6) is -0.515. The monoisotopic (exact) mass is 470 g/mol. The van der Waals surface area contributed by atoms with Gasteiger partial charge in [0.2, 0.25) is 0 Å². The van der Waals surface area contributed by atoms with Crippen LogP contribution in [0.1, 0.15) is 17.2 Å². The highest BCUT2D eigenvalue weighted by Crippen LogP contribution is 2.35. The molecule has 1 nitrogen and oxygen atoms in total. The number of aliphatic hydroxyl groups excluding tert-OH is 1. The summed E-state index contributed by atoms with van der Waals surface area (Å²) in [6.45, 7) is 0. The Morgan fingerprint density at radius 3 is 2.32 bits per heavy atom. The lowest BCUT2D eigenvalue weighted by Crippen LogP contribution is -2.04. The van der Waals surface area contributed by atoms with Crippen LogP contribution in [-0.4, -0.2) is 5.11 Å². The molecule has 0 aliphatic rings. The minimum absolute atomic E-state index is 0.135. The number of hydrogen-bond donors (Lipinski definition) is 1. The fourth-order valence-corrected chi connectivity index (χ4v) is 3.39. The molecule has 6 heteroatoms. The van der Waals surface area contributed by atoms with Gasteiger partial charge >= 0.3 is 0 Å². The molecular weight excluding hydrogens is 466 g/mol. The van der Waals surface area contributed by atoms with Crippen LogP contribution in [-0.2, 0) is 0 Å². The first kappa shape index (κ1) is 15.4. The second-order valence-corrected chi connectivity index (χ2v) is 6.89. The van der Waals surface area contributed by atoms with Crippen molar-refractivity contribution in [2.75, 3.05) is 0 Å². The summed E-state index contributed by atoms with van der Waals surface area (Å²) in [4.78, 5) is 0. The zero-order valence-electron chi connectivity index (χ0n) is 9.30. The van der Waals surface area contributed by atoms with Crippen molar-refractivity contribution in [1.82, 2.24) is 0 Å². The Kier molecular flexibility index (Phi) is 5.06. The van der Waals surface area contributed by atoms with Crippen molar-refractivity contribution >= 4 is 59.4 Å². The Hall–Kier alpha value is 0.0600. The zero-order valence-corrected chi connectivity index (χ0v) is 14.8. The van der Waals surface area contributed by atoms with Crippen LogP contribution in [0.2, 0.25) is 5.02 Å². The average Bonchev–Trinajstić information content (AvgIpc) is 2.33. The molecule has 19 heavy (non-hydrogen) atoms. The van der Waals surface area contributed by atoms with Gasteiger partial charge < -0.3 is 5.11 Å². The number of rotatable bonds is 2. The number of aliphatic hydroxyl groups is 1. The molecule has 0 amide bonds. The van der Waals surface area contributed by atoms with E-state index in [1.807, 2.05) is 0 Å². The topological polar surface area (TPSA) is 20.2 Å². The maximum Gasteiger partial charge on any atom is 0.130 e. The maximum absolute atomic E-state index is 13.9. The quantitative estimate of drug-likeness (QED) is 0.543. The normalized spacial score (nSPS) is 12.5. The molecule has 0 fully saturated rings. The second kappa shape index (κ2) is 6.22. The summed E-state index contributed by atoms with van der Waals surface area (Å²) in [7, 11) is 0. The molecule has 2 rings (SSSR count). The average molecular weight is 473 g/mol. The molecule has 2 aromatic carbocycles. The molecule has 0 aliphatic heterocycles. The highest BCUT2D eigenvalue weighted by molar-refractivity contribution is 9.11. The van der Waals surface area contributed by atoms with Crippen LogP contribution in [0.15, 0.2) is 43.7 Å². The van der Waals surface area contributed by atoms with E-state index in [9.17, 15) is 9.50 Å². The van der Waals surface area contributed by atoms with Crippen molar-refractivity contribution in [3.05, 3.63) is 65.7 Å². The van der Waals surface area contributed by atoms with E-state index in [0.717, 1.165) is 4.47 Å². The van der Waals surface area contributed by atoms with Gasteiger partial charge in [0.05, 0.1) is 5.02 Å². The molecule has 0 saturated heterocycles. The smallest absolute Gasteiger partial charge is 0.130 e. The summed E-state index contributed by atoms with van der Waals surface area (Å²) in [5, 5.41) is 10.7. The Morgan fingerprint density at radius 1 is 1.00 bits per heavy atom. The van der Waals surface area contributed by atoms with Crippen LogP contribution in [0.3, 0.4) is 0 Å². The van der Waals surface area contributed by atoms with Crippen molar-refractivity contribution in [2.24, 2.45) is 0 Å². The highest BCUT2D eigenvalue weighted by atomic mass is 79.9. The van der Waals surface area contributed by atoms with E-state index in [0.29, 0.717) is 19.5 Å². The van der Waals surface area contributed by atoms with E-state index < -0.39 is 11.9 Å². The molecule has 2 aromatic rings. The molecule has 0 spiro atoms. The van der Waals surface area contributed by atoms with E-state index in [1.54, 1.807) is 18.2 Å². The first-order valence-corrected chi connectivity index (χ1v) is 7.93. The van der Waals surface area contributed by atoms with Gasteiger partial charge in [-0.15, -0.1) is 0 Å². The largest absolute Gasteiger partial charge is 0.384 e. The van der Waals surface area contributed by atoms with E-state index >= 15 is 0 Å². The van der Waals surface area contributed by atoms with Gasteiger partial charge in [-0.2, -0.15) is 0 Å².